The van der Waals surface area contributed by atoms with Gasteiger partial charge in [0.05, 0.1) is 5.60 Å². The number of nitrogens with zero attached hydrogens (tertiary/aromatic N) is 1. The van der Waals surface area contributed by atoms with Crippen LogP contribution >= 0.6 is 0 Å². The highest BCUT2D eigenvalue weighted by molar-refractivity contribution is 5.27. The Kier molecular flexibility index (Phi) is 5.58. The van der Waals surface area contributed by atoms with Crippen LogP contribution in [0, 0.1) is 0 Å². The van der Waals surface area contributed by atoms with Crippen LogP contribution in [0.15, 0.2) is 24.3 Å². The Bertz CT molecular complexity index is 421. The van der Waals surface area contributed by atoms with Gasteiger partial charge in [-0.05, 0) is 44.0 Å². The molecule has 0 radical (unpaired) electrons. The molecule has 1 aliphatic rings. The number of rotatable bonds is 6. The van der Waals surface area contributed by atoms with Gasteiger partial charge in [-0.2, -0.15) is 0 Å². The molecule has 1 aromatic carbocycles. The van der Waals surface area contributed by atoms with E-state index in [2.05, 4.69) is 48.3 Å². The van der Waals surface area contributed by atoms with Crippen LogP contribution in [0.5, 0.6) is 0 Å². The van der Waals surface area contributed by atoms with Crippen molar-refractivity contribution in [1.29, 1.82) is 0 Å². The normalized spacial score (nSPS) is 23.9. The molecular formula is C17H28N2O. The zero-order chi connectivity index (χ0) is 14.4. The fourth-order valence-electron chi connectivity index (χ4n) is 2.99. The standard InChI is InChI=1S/C17H28N2O/c1-4-18-12-15-8-5-6-9-16(15)13-19-11-7-10-17(2,14-19)20-3/h5-6,8-9,18H,4,7,10-14H2,1-3H3. The lowest BCUT2D eigenvalue weighted by atomic mass is 9.94. The first-order valence-corrected chi connectivity index (χ1v) is 7.72. The van der Waals surface area contributed by atoms with Crippen LogP contribution in [0.3, 0.4) is 0 Å². The molecule has 1 fully saturated rings. The predicted molar refractivity (Wildman–Crippen MR) is 83.7 cm³/mol. The number of likely N-dealkylation sites (tertiary alicyclic amines) is 1. The van der Waals surface area contributed by atoms with Gasteiger partial charge < -0.3 is 10.1 Å². The molecule has 1 saturated heterocycles. The minimum atomic E-state index is 0.0227. The van der Waals surface area contributed by atoms with E-state index in [0.717, 1.165) is 26.2 Å². The Morgan fingerprint density at radius 1 is 1.30 bits per heavy atom. The second-order valence-corrected chi connectivity index (χ2v) is 6.02. The summed E-state index contributed by atoms with van der Waals surface area (Å²) in [6.45, 7) is 9.58. The van der Waals surface area contributed by atoms with E-state index in [4.69, 9.17) is 4.74 Å². The summed E-state index contributed by atoms with van der Waals surface area (Å²) in [5.41, 5.74) is 2.88. The SMILES string of the molecule is CCNCc1ccccc1CN1CCCC(C)(OC)C1. The van der Waals surface area contributed by atoms with Crippen molar-refractivity contribution >= 4 is 0 Å². The Morgan fingerprint density at radius 3 is 2.75 bits per heavy atom. The van der Waals surface area contributed by atoms with Crippen molar-refractivity contribution in [2.75, 3.05) is 26.7 Å². The molecule has 0 bridgehead atoms. The minimum Gasteiger partial charge on any atom is -0.377 e. The van der Waals surface area contributed by atoms with Gasteiger partial charge in [-0.1, -0.05) is 31.2 Å². The van der Waals surface area contributed by atoms with Crippen molar-refractivity contribution in [3.05, 3.63) is 35.4 Å². The highest BCUT2D eigenvalue weighted by atomic mass is 16.5. The van der Waals surface area contributed by atoms with Gasteiger partial charge in [-0.15, -0.1) is 0 Å². The van der Waals surface area contributed by atoms with E-state index in [1.165, 1.54) is 30.5 Å². The minimum absolute atomic E-state index is 0.0227. The van der Waals surface area contributed by atoms with Gasteiger partial charge in [-0.25, -0.2) is 0 Å². The van der Waals surface area contributed by atoms with Crippen molar-refractivity contribution in [1.82, 2.24) is 10.2 Å². The maximum absolute atomic E-state index is 5.69. The van der Waals surface area contributed by atoms with Crippen molar-refractivity contribution in [2.45, 2.75) is 45.4 Å². The van der Waals surface area contributed by atoms with Crippen LogP contribution in [0.25, 0.3) is 0 Å². The van der Waals surface area contributed by atoms with Crippen LogP contribution in [0.4, 0.5) is 0 Å². The molecule has 0 amide bonds. The van der Waals surface area contributed by atoms with Crippen LogP contribution in [0.1, 0.15) is 37.8 Å². The molecule has 0 aromatic heterocycles. The number of benzene rings is 1. The first-order chi connectivity index (χ1) is 9.67. The second-order valence-electron chi connectivity index (χ2n) is 6.02. The summed E-state index contributed by atoms with van der Waals surface area (Å²) in [6.07, 6.45) is 2.39. The molecule has 1 aliphatic heterocycles. The van der Waals surface area contributed by atoms with Crippen LogP contribution in [0.2, 0.25) is 0 Å². The lowest BCUT2D eigenvalue weighted by molar-refractivity contribution is -0.0527. The maximum Gasteiger partial charge on any atom is 0.0777 e. The molecule has 0 aliphatic carbocycles. The van der Waals surface area contributed by atoms with Crippen molar-refractivity contribution in [2.24, 2.45) is 0 Å². The molecule has 1 aromatic rings. The molecule has 112 valence electrons. The molecule has 1 atom stereocenters. The number of ether oxygens (including phenoxy) is 1. The first kappa shape index (κ1) is 15.5. The number of hydrogen-bond donors (Lipinski definition) is 1. The topological polar surface area (TPSA) is 24.5 Å². The lowest BCUT2D eigenvalue weighted by Gasteiger charge is -2.39. The van der Waals surface area contributed by atoms with Gasteiger partial charge >= 0.3 is 0 Å². The van der Waals surface area contributed by atoms with E-state index in [9.17, 15) is 0 Å². The molecule has 2 rings (SSSR count). The van der Waals surface area contributed by atoms with E-state index >= 15 is 0 Å². The van der Waals surface area contributed by atoms with Crippen molar-refractivity contribution < 1.29 is 4.74 Å². The van der Waals surface area contributed by atoms with Crippen LogP contribution < -0.4 is 5.32 Å². The van der Waals surface area contributed by atoms with Gasteiger partial charge in [0, 0.05) is 26.7 Å². The lowest BCUT2D eigenvalue weighted by Crippen LogP contribution is -2.47. The molecule has 0 spiro atoms. The molecule has 0 saturated carbocycles. The molecule has 1 N–H and O–H groups in total. The summed E-state index contributed by atoms with van der Waals surface area (Å²) in [5.74, 6) is 0. The van der Waals surface area contributed by atoms with Crippen molar-refractivity contribution in [3.63, 3.8) is 0 Å². The highest BCUT2D eigenvalue weighted by Crippen LogP contribution is 2.25. The fourth-order valence-corrected chi connectivity index (χ4v) is 2.99. The van der Waals surface area contributed by atoms with E-state index < -0.39 is 0 Å². The summed E-state index contributed by atoms with van der Waals surface area (Å²) in [4.78, 5) is 2.53. The maximum atomic E-state index is 5.69. The third-order valence-corrected chi connectivity index (χ3v) is 4.31. The van der Waals surface area contributed by atoms with Crippen LogP contribution in [-0.4, -0.2) is 37.2 Å². The largest absolute Gasteiger partial charge is 0.377 e. The summed E-state index contributed by atoms with van der Waals surface area (Å²) in [7, 11) is 1.84. The van der Waals surface area contributed by atoms with Crippen molar-refractivity contribution in [3.8, 4) is 0 Å². The highest BCUT2D eigenvalue weighted by Gasteiger charge is 2.30. The number of piperidine rings is 1. The van der Waals surface area contributed by atoms with Gasteiger partial charge in [0.2, 0.25) is 0 Å². The van der Waals surface area contributed by atoms with E-state index in [-0.39, 0.29) is 5.60 Å². The first-order valence-electron chi connectivity index (χ1n) is 7.72. The number of methoxy groups -OCH3 is 1. The average Bonchev–Trinajstić information content (AvgIpc) is 2.46. The Hall–Kier alpha value is -0.900. The summed E-state index contributed by atoms with van der Waals surface area (Å²) >= 11 is 0. The van der Waals surface area contributed by atoms with E-state index in [0.29, 0.717) is 0 Å². The Morgan fingerprint density at radius 2 is 2.05 bits per heavy atom. The van der Waals surface area contributed by atoms with Gasteiger partial charge in [0.25, 0.3) is 0 Å². The Labute approximate surface area is 123 Å². The van der Waals surface area contributed by atoms with Crippen LogP contribution in [-0.2, 0) is 17.8 Å². The zero-order valence-electron chi connectivity index (χ0n) is 13.1. The molecule has 1 heterocycles. The Balaban J connectivity index is 2.02. The molecule has 3 nitrogen and oxygen atoms in total. The fraction of sp³-hybridized carbons (Fsp3) is 0.647. The smallest absolute Gasteiger partial charge is 0.0777 e. The average molecular weight is 276 g/mol. The molecule has 3 heteroatoms. The second kappa shape index (κ2) is 7.21. The number of hydrogen-bond acceptors (Lipinski definition) is 3. The summed E-state index contributed by atoms with van der Waals surface area (Å²) in [6, 6.07) is 8.76. The molecular weight excluding hydrogens is 248 g/mol. The van der Waals surface area contributed by atoms with E-state index in [1.54, 1.807) is 0 Å². The third kappa shape index (κ3) is 4.05. The van der Waals surface area contributed by atoms with Gasteiger partial charge in [0.1, 0.15) is 0 Å². The summed E-state index contributed by atoms with van der Waals surface area (Å²) in [5, 5.41) is 3.43. The van der Waals surface area contributed by atoms with E-state index in [1.807, 2.05) is 7.11 Å². The third-order valence-electron chi connectivity index (χ3n) is 4.31. The monoisotopic (exact) mass is 276 g/mol. The predicted octanol–water partition coefficient (Wildman–Crippen LogP) is 2.80. The summed E-state index contributed by atoms with van der Waals surface area (Å²) < 4.78 is 5.69. The molecule has 20 heavy (non-hydrogen) atoms. The van der Waals surface area contributed by atoms with Gasteiger partial charge in [-0.3, -0.25) is 4.90 Å². The number of nitrogens with one attached hydrogen (secondary N) is 1. The quantitative estimate of drug-likeness (QED) is 0.864. The zero-order valence-corrected chi connectivity index (χ0v) is 13.1. The molecule has 1 unspecified atom stereocenters. The van der Waals surface area contributed by atoms with Gasteiger partial charge in [0.15, 0.2) is 0 Å².